The highest BCUT2D eigenvalue weighted by Crippen LogP contribution is 2.23. The Labute approximate surface area is 174 Å². The van der Waals surface area contributed by atoms with Crippen LogP contribution < -0.4 is 10.1 Å². The monoisotopic (exact) mass is 434 g/mol. The molecule has 3 rings (SSSR count). The number of amides is 1. The van der Waals surface area contributed by atoms with Gasteiger partial charge in [0.05, 0.1) is 36.5 Å². The third kappa shape index (κ3) is 5.15. The van der Waals surface area contributed by atoms with E-state index >= 15 is 0 Å². The fraction of sp³-hybridized carbons (Fsp3) is 0.300. The van der Waals surface area contributed by atoms with Gasteiger partial charge in [-0.3, -0.25) is 4.79 Å². The molecule has 1 aliphatic rings. The Balaban J connectivity index is 1.63. The van der Waals surface area contributed by atoms with Crippen LogP contribution in [0.25, 0.3) is 0 Å². The molecular formula is C20H22N2O7S. The molecule has 1 heterocycles. The molecule has 0 spiro atoms. The molecular weight excluding hydrogens is 412 g/mol. The molecule has 0 radical (unpaired) electrons. The first-order chi connectivity index (χ1) is 14.4. The van der Waals surface area contributed by atoms with E-state index in [1.807, 2.05) is 0 Å². The average molecular weight is 434 g/mol. The number of carbonyl (C=O) groups excluding carboxylic acids is 2. The largest absolute Gasteiger partial charge is 0.495 e. The van der Waals surface area contributed by atoms with Crippen LogP contribution in [0.3, 0.4) is 0 Å². The van der Waals surface area contributed by atoms with E-state index in [1.54, 1.807) is 24.3 Å². The molecule has 1 N–H and O–H groups in total. The summed E-state index contributed by atoms with van der Waals surface area (Å²) in [4.78, 5) is 24.4. The van der Waals surface area contributed by atoms with E-state index in [1.165, 1.54) is 35.7 Å². The summed E-state index contributed by atoms with van der Waals surface area (Å²) in [7, 11) is -2.27. The lowest BCUT2D eigenvalue weighted by molar-refractivity contribution is -0.119. The molecule has 0 aliphatic carbocycles. The molecule has 0 atom stereocenters. The molecule has 9 nitrogen and oxygen atoms in total. The van der Waals surface area contributed by atoms with Gasteiger partial charge < -0.3 is 19.5 Å². The van der Waals surface area contributed by atoms with Crippen molar-refractivity contribution in [3.05, 3.63) is 54.1 Å². The van der Waals surface area contributed by atoms with Crippen molar-refractivity contribution in [2.45, 2.75) is 4.90 Å². The van der Waals surface area contributed by atoms with Gasteiger partial charge in [0, 0.05) is 13.1 Å². The zero-order valence-electron chi connectivity index (χ0n) is 16.4. The summed E-state index contributed by atoms with van der Waals surface area (Å²) in [6, 6.07) is 12.4. The molecule has 1 amide bonds. The van der Waals surface area contributed by atoms with Crippen LogP contribution in [0, 0.1) is 0 Å². The number of hydrogen-bond donors (Lipinski definition) is 1. The van der Waals surface area contributed by atoms with Crippen molar-refractivity contribution in [2.75, 3.05) is 45.3 Å². The first kappa shape index (κ1) is 21.8. The topological polar surface area (TPSA) is 111 Å². The van der Waals surface area contributed by atoms with Crippen molar-refractivity contribution in [3.63, 3.8) is 0 Å². The predicted octanol–water partition coefficient (Wildman–Crippen LogP) is 1.51. The lowest BCUT2D eigenvalue weighted by Crippen LogP contribution is -2.40. The van der Waals surface area contributed by atoms with E-state index in [0.29, 0.717) is 24.7 Å². The summed E-state index contributed by atoms with van der Waals surface area (Å²) >= 11 is 0. The van der Waals surface area contributed by atoms with Crippen LogP contribution in [0.15, 0.2) is 53.4 Å². The number of hydrogen-bond acceptors (Lipinski definition) is 7. The van der Waals surface area contributed by atoms with Gasteiger partial charge in [0.2, 0.25) is 10.0 Å². The summed E-state index contributed by atoms with van der Waals surface area (Å²) in [5.74, 6) is -0.882. The number of nitrogens with zero attached hydrogens (tertiary/aromatic N) is 1. The molecule has 30 heavy (non-hydrogen) atoms. The van der Waals surface area contributed by atoms with Gasteiger partial charge in [0.25, 0.3) is 5.91 Å². The molecule has 2 aromatic carbocycles. The van der Waals surface area contributed by atoms with Crippen LogP contribution in [-0.4, -0.2) is 64.6 Å². The Bertz CT molecular complexity index is 1020. The van der Waals surface area contributed by atoms with E-state index in [2.05, 4.69) is 5.32 Å². The number of methoxy groups -OCH3 is 1. The maximum atomic E-state index is 12.7. The Hall–Kier alpha value is -2.95. The molecule has 0 bridgehead atoms. The van der Waals surface area contributed by atoms with Crippen LogP contribution in [0.2, 0.25) is 0 Å². The molecule has 160 valence electrons. The Morgan fingerprint density at radius 3 is 2.57 bits per heavy atom. The van der Waals surface area contributed by atoms with Crippen molar-refractivity contribution < 1.29 is 32.2 Å². The summed E-state index contributed by atoms with van der Waals surface area (Å²) in [6.07, 6.45) is 0. The van der Waals surface area contributed by atoms with Crippen molar-refractivity contribution in [1.82, 2.24) is 4.31 Å². The predicted molar refractivity (Wildman–Crippen MR) is 108 cm³/mol. The minimum Gasteiger partial charge on any atom is -0.495 e. The molecule has 0 unspecified atom stereocenters. The standard InChI is InChI=1S/C20H22N2O7S/c1-27-18-8-3-2-7-17(18)21-19(23)14-29-20(24)15-5-4-6-16(13-15)30(25,26)22-9-11-28-12-10-22/h2-8,13H,9-12,14H2,1H3,(H,21,23). The maximum Gasteiger partial charge on any atom is 0.338 e. The summed E-state index contributed by atoms with van der Waals surface area (Å²) in [5.41, 5.74) is 0.481. The Kier molecular flexibility index (Phi) is 7.03. The number of nitrogens with one attached hydrogen (secondary N) is 1. The van der Waals surface area contributed by atoms with Gasteiger partial charge >= 0.3 is 5.97 Å². The number of ether oxygens (including phenoxy) is 3. The van der Waals surface area contributed by atoms with Gasteiger partial charge in [0.15, 0.2) is 6.61 Å². The number of esters is 1. The van der Waals surface area contributed by atoms with Gasteiger partial charge in [-0.2, -0.15) is 4.31 Å². The van der Waals surface area contributed by atoms with Crippen LogP contribution >= 0.6 is 0 Å². The summed E-state index contributed by atoms with van der Waals surface area (Å²) in [5, 5.41) is 2.59. The number of rotatable bonds is 7. The molecule has 1 aliphatic heterocycles. The normalized spacial score (nSPS) is 14.7. The SMILES string of the molecule is COc1ccccc1NC(=O)COC(=O)c1cccc(S(=O)(=O)N2CCOCC2)c1. The lowest BCUT2D eigenvalue weighted by atomic mass is 10.2. The number of sulfonamides is 1. The molecule has 0 saturated carbocycles. The fourth-order valence-electron chi connectivity index (χ4n) is 2.87. The van der Waals surface area contributed by atoms with E-state index < -0.39 is 28.5 Å². The number of benzene rings is 2. The zero-order valence-corrected chi connectivity index (χ0v) is 17.2. The quantitative estimate of drug-likeness (QED) is 0.658. The van der Waals surface area contributed by atoms with Gasteiger partial charge in [0.1, 0.15) is 5.75 Å². The van der Waals surface area contributed by atoms with E-state index in [9.17, 15) is 18.0 Å². The second-order valence-corrected chi connectivity index (χ2v) is 8.31. The second kappa shape index (κ2) is 9.70. The average Bonchev–Trinajstić information content (AvgIpc) is 2.78. The van der Waals surface area contributed by atoms with Gasteiger partial charge in [-0.15, -0.1) is 0 Å². The van der Waals surface area contributed by atoms with Crippen LogP contribution in [-0.2, 0) is 24.3 Å². The van der Waals surface area contributed by atoms with E-state index in [4.69, 9.17) is 14.2 Å². The van der Waals surface area contributed by atoms with Crippen LogP contribution in [0.4, 0.5) is 5.69 Å². The number of morpholine rings is 1. The molecule has 1 fully saturated rings. The van der Waals surface area contributed by atoms with Crippen molar-refractivity contribution >= 4 is 27.6 Å². The highest BCUT2D eigenvalue weighted by molar-refractivity contribution is 7.89. The number of carbonyl (C=O) groups is 2. The molecule has 1 saturated heterocycles. The number of para-hydroxylation sites is 2. The van der Waals surface area contributed by atoms with Crippen molar-refractivity contribution in [1.29, 1.82) is 0 Å². The Morgan fingerprint density at radius 1 is 1.10 bits per heavy atom. The van der Waals surface area contributed by atoms with Crippen LogP contribution in [0.5, 0.6) is 5.75 Å². The molecule has 2 aromatic rings. The maximum absolute atomic E-state index is 12.7. The highest BCUT2D eigenvalue weighted by Gasteiger charge is 2.27. The first-order valence-electron chi connectivity index (χ1n) is 9.20. The van der Waals surface area contributed by atoms with Crippen molar-refractivity contribution in [2.24, 2.45) is 0 Å². The second-order valence-electron chi connectivity index (χ2n) is 6.37. The third-order valence-corrected chi connectivity index (χ3v) is 6.29. The highest BCUT2D eigenvalue weighted by atomic mass is 32.2. The zero-order chi connectivity index (χ0) is 21.6. The number of anilines is 1. The molecule has 0 aromatic heterocycles. The van der Waals surface area contributed by atoms with Crippen LogP contribution in [0.1, 0.15) is 10.4 Å². The smallest absolute Gasteiger partial charge is 0.338 e. The van der Waals surface area contributed by atoms with Gasteiger partial charge in [-0.1, -0.05) is 18.2 Å². The van der Waals surface area contributed by atoms with Gasteiger partial charge in [-0.25, -0.2) is 13.2 Å². The van der Waals surface area contributed by atoms with E-state index in [-0.39, 0.29) is 23.5 Å². The summed E-state index contributed by atoms with van der Waals surface area (Å²) < 4.78 is 42.1. The Morgan fingerprint density at radius 2 is 1.83 bits per heavy atom. The summed E-state index contributed by atoms with van der Waals surface area (Å²) in [6.45, 7) is 0.613. The first-order valence-corrected chi connectivity index (χ1v) is 10.6. The van der Waals surface area contributed by atoms with E-state index in [0.717, 1.165) is 0 Å². The minimum atomic E-state index is -3.75. The van der Waals surface area contributed by atoms with Gasteiger partial charge in [-0.05, 0) is 30.3 Å². The van der Waals surface area contributed by atoms with Crippen molar-refractivity contribution in [3.8, 4) is 5.75 Å². The minimum absolute atomic E-state index is 0.0164. The fourth-order valence-corrected chi connectivity index (χ4v) is 4.32. The third-order valence-electron chi connectivity index (χ3n) is 4.39. The lowest BCUT2D eigenvalue weighted by Gasteiger charge is -2.26. The molecule has 10 heteroatoms.